The van der Waals surface area contributed by atoms with Crippen LogP contribution in [0.1, 0.15) is 22.3 Å². The molecule has 0 saturated carbocycles. The highest BCUT2D eigenvalue weighted by Crippen LogP contribution is 2.24. The summed E-state index contributed by atoms with van der Waals surface area (Å²) in [5.74, 6) is -0.686. The summed E-state index contributed by atoms with van der Waals surface area (Å²) in [7, 11) is 0. The minimum Gasteiger partial charge on any atom is -0.366 e. The molecule has 6 nitrogen and oxygen atoms in total. The first kappa shape index (κ1) is 17.2. The van der Waals surface area contributed by atoms with Gasteiger partial charge in [0.2, 0.25) is 11.8 Å². The van der Waals surface area contributed by atoms with Gasteiger partial charge in [-0.15, -0.1) is 0 Å². The van der Waals surface area contributed by atoms with Gasteiger partial charge in [-0.3, -0.25) is 9.59 Å². The Hall–Kier alpha value is -2.67. The fourth-order valence-electron chi connectivity index (χ4n) is 2.68. The second-order valence-corrected chi connectivity index (χ2v) is 6.20. The normalized spacial score (nSPS) is 17.0. The number of carbonyl (C=O) groups excluding carboxylic acids is 2. The maximum atomic E-state index is 13.0. The monoisotopic (exact) mass is 362 g/mol. The SMILES string of the molecule is NC(=O)c1cnc(NC2CCN(Cc3ccc(F)cc3)C2=O)c(Cl)c1. The van der Waals surface area contributed by atoms with Crippen molar-refractivity contribution in [3.05, 3.63) is 58.5 Å². The summed E-state index contributed by atoms with van der Waals surface area (Å²) in [5.41, 5.74) is 6.24. The van der Waals surface area contributed by atoms with Gasteiger partial charge in [0, 0.05) is 19.3 Å². The Morgan fingerprint density at radius 1 is 1.40 bits per heavy atom. The largest absolute Gasteiger partial charge is 0.366 e. The highest BCUT2D eigenvalue weighted by molar-refractivity contribution is 6.33. The number of amides is 2. The molecule has 1 aliphatic rings. The number of carbonyl (C=O) groups is 2. The molecule has 1 fully saturated rings. The van der Waals surface area contributed by atoms with E-state index in [4.69, 9.17) is 17.3 Å². The molecule has 1 unspecified atom stereocenters. The summed E-state index contributed by atoms with van der Waals surface area (Å²) in [6, 6.07) is 7.01. The zero-order chi connectivity index (χ0) is 18.0. The van der Waals surface area contributed by atoms with Gasteiger partial charge in [-0.2, -0.15) is 0 Å². The van der Waals surface area contributed by atoms with E-state index in [0.29, 0.717) is 25.3 Å². The van der Waals surface area contributed by atoms with Crippen LogP contribution >= 0.6 is 11.6 Å². The molecule has 8 heteroatoms. The molecule has 25 heavy (non-hydrogen) atoms. The first-order chi connectivity index (χ1) is 11.9. The number of pyridine rings is 1. The summed E-state index contributed by atoms with van der Waals surface area (Å²) < 4.78 is 13.0. The minimum absolute atomic E-state index is 0.0823. The third kappa shape index (κ3) is 3.88. The van der Waals surface area contributed by atoms with E-state index >= 15 is 0 Å². The molecule has 0 spiro atoms. The first-order valence-electron chi connectivity index (χ1n) is 7.69. The molecule has 2 amide bonds. The standard InChI is InChI=1S/C17H16ClFN4O2/c18-13-7-11(15(20)24)8-21-16(13)22-14-5-6-23(17(14)25)9-10-1-3-12(19)4-2-10/h1-4,7-8,14H,5-6,9H2,(H2,20,24)(H,21,22). The minimum atomic E-state index is -0.622. The van der Waals surface area contributed by atoms with Crippen molar-refractivity contribution in [2.45, 2.75) is 19.0 Å². The zero-order valence-electron chi connectivity index (χ0n) is 13.2. The van der Waals surface area contributed by atoms with Gasteiger partial charge < -0.3 is 16.0 Å². The van der Waals surface area contributed by atoms with E-state index in [-0.39, 0.29) is 22.3 Å². The average molecular weight is 363 g/mol. The van der Waals surface area contributed by atoms with E-state index in [0.717, 1.165) is 5.56 Å². The van der Waals surface area contributed by atoms with E-state index in [1.54, 1.807) is 17.0 Å². The number of nitrogens with one attached hydrogen (secondary N) is 1. The number of aromatic nitrogens is 1. The van der Waals surface area contributed by atoms with Gasteiger partial charge in [0.15, 0.2) is 0 Å². The summed E-state index contributed by atoms with van der Waals surface area (Å²) >= 11 is 6.09. The maximum Gasteiger partial charge on any atom is 0.250 e. The molecule has 1 atom stereocenters. The van der Waals surface area contributed by atoms with Crippen LogP contribution in [0, 0.1) is 5.82 Å². The number of primary amides is 1. The number of hydrogen-bond donors (Lipinski definition) is 2. The number of nitrogens with zero attached hydrogens (tertiary/aromatic N) is 2. The van der Waals surface area contributed by atoms with Gasteiger partial charge in [-0.05, 0) is 30.2 Å². The van der Waals surface area contributed by atoms with Gasteiger partial charge in [0.1, 0.15) is 17.7 Å². The zero-order valence-corrected chi connectivity index (χ0v) is 14.0. The molecular formula is C17H16ClFN4O2. The third-order valence-corrected chi connectivity index (χ3v) is 4.31. The van der Waals surface area contributed by atoms with Gasteiger partial charge in [-0.25, -0.2) is 9.37 Å². The summed E-state index contributed by atoms with van der Waals surface area (Å²) in [5, 5.41) is 3.23. The number of likely N-dealkylation sites (tertiary alicyclic amines) is 1. The first-order valence-corrected chi connectivity index (χ1v) is 8.07. The summed E-state index contributed by atoms with van der Waals surface area (Å²) in [6.07, 6.45) is 1.90. The van der Waals surface area contributed by atoms with Crippen molar-refractivity contribution in [2.24, 2.45) is 5.73 Å². The van der Waals surface area contributed by atoms with Crippen molar-refractivity contribution >= 4 is 29.2 Å². The molecule has 130 valence electrons. The lowest BCUT2D eigenvalue weighted by atomic mass is 10.2. The van der Waals surface area contributed by atoms with Crippen LogP contribution in [0.4, 0.5) is 10.2 Å². The van der Waals surface area contributed by atoms with Crippen molar-refractivity contribution in [1.82, 2.24) is 9.88 Å². The highest BCUT2D eigenvalue weighted by Gasteiger charge is 2.32. The molecule has 0 aliphatic carbocycles. The van der Waals surface area contributed by atoms with Crippen LogP contribution < -0.4 is 11.1 Å². The van der Waals surface area contributed by atoms with Crippen LogP contribution in [-0.4, -0.2) is 34.3 Å². The lowest BCUT2D eigenvalue weighted by molar-refractivity contribution is -0.128. The van der Waals surface area contributed by atoms with Crippen molar-refractivity contribution < 1.29 is 14.0 Å². The molecule has 0 bridgehead atoms. The Labute approximate surface area is 148 Å². The van der Waals surface area contributed by atoms with Gasteiger partial charge in [-0.1, -0.05) is 23.7 Å². The third-order valence-electron chi connectivity index (χ3n) is 4.02. The van der Waals surface area contributed by atoms with Gasteiger partial charge in [0.25, 0.3) is 0 Å². The molecule has 3 N–H and O–H groups in total. The molecule has 1 aliphatic heterocycles. The fraction of sp³-hybridized carbons (Fsp3) is 0.235. The van der Waals surface area contributed by atoms with E-state index in [9.17, 15) is 14.0 Å². The van der Waals surface area contributed by atoms with Crippen molar-refractivity contribution in [3.8, 4) is 0 Å². The van der Waals surface area contributed by atoms with Crippen molar-refractivity contribution in [1.29, 1.82) is 0 Å². The second-order valence-electron chi connectivity index (χ2n) is 5.79. The van der Waals surface area contributed by atoms with E-state index < -0.39 is 11.9 Å². The second kappa shape index (κ2) is 7.06. The number of hydrogen-bond acceptors (Lipinski definition) is 4. The molecule has 2 heterocycles. The lowest BCUT2D eigenvalue weighted by Gasteiger charge is -2.18. The van der Waals surface area contributed by atoms with Crippen LogP contribution in [0.2, 0.25) is 5.02 Å². The Kier molecular flexibility index (Phi) is 4.85. The number of nitrogens with two attached hydrogens (primary N) is 1. The molecular weight excluding hydrogens is 347 g/mol. The van der Waals surface area contributed by atoms with E-state index in [1.165, 1.54) is 24.4 Å². The number of anilines is 1. The van der Waals surface area contributed by atoms with E-state index in [1.807, 2.05) is 0 Å². The van der Waals surface area contributed by atoms with Crippen LogP contribution in [0.15, 0.2) is 36.5 Å². The van der Waals surface area contributed by atoms with E-state index in [2.05, 4.69) is 10.3 Å². The number of halogens is 2. The lowest BCUT2D eigenvalue weighted by Crippen LogP contribution is -2.33. The summed E-state index contributed by atoms with van der Waals surface area (Å²) in [6.45, 7) is 0.990. The van der Waals surface area contributed by atoms with Crippen molar-refractivity contribution in [3.63, 3.8) is 0 Å². The average Bonchev–Trinajstić information content (AvgIpc) is 2.92. The molecule has 1 saturated heterocycles. The quantitative estimate of drug-likeness (QED) is 0.853. The topological polar surface area (TPSA) is 88.3 Å². The molecule has 2 aromatic rings. The maximum absolute atomic E-state index is 13.0. The van der Waals surface area contributed by atoms with Crippen molar-refractivity contribution in [2.75, 3.05) is 11.9 Å². The molecule has 1 aromatic heterocycles. The number of rotatable bonds is 5. The predicted molar refractivity (Wildman–Crippen MR) is 91.6 cm³/mol. The number of benzene rings is 1. The summed E-state index contributed by atoms with van der Waals surface area (Å²) in [4.78, 5) is 29.4. The smallest absolute Gasteiger partial charge is 0.250 e. The Morgan fingerprint density at radius 3 is 2.76 bits per heavy atom. The van der Waals surface area contributed by atoms with Crippen LogP contribution in [0.5, 0.6) is 0 Å². The van der Waals surface area contributed by atoms with Gasteiger partial charge in [0.05, 0.1) is 10.6 Å². The Bertz CT molecular complexity index is 813. The molecule has 0 radical (unpaired) electrons. The van der Waals surface area contributed by atoms with Crippen LogP contribution in [0.3, 0.4) is 0 Å². The molecule has 1 aromatic carbocycles. The fourth-order valence-corrected chi connectivity index (χ4v) is 2.90. The highest BCUT2D eigenvalue weighted by atomic mass is 35.5. The van der Waals surface area contributed by atoms with Crippen LogP contribution in [0.25, 0.3) is 0 Å². The van der Waals surface area contributed by atoms with Gasteiger partial charge >= 0.3 is 0 Å². The molecule has 3 rings (SSSR count). The predicted octanol–water partition coefficient (Wildman–Crippen LogP) is 2.19. The van der Waals surface area contributed by atoms with Crippen LogP contribution in [-0.2, 0) is 11.3 Å². The Balaban J connectivity index is 1.66. The Morgan fingerprint density at radius 2 is 2.12 bits per heavy atom.